The van der Waals surface area contributed by atoms with E-state index < -0.39 is 32.5 Å². The number of nitrogens with two attached hydrogens (primary N) is 1. The van der Waals surface area contributed by atoms with E-state index in [0.717, 1.165) is 64.2 Å². The Balaban J connectivity index is 4.22. The fourth-order valence-electron chi connectivity index (χ4n) is 3.50. The summed E-state index contributed by atoms with van der Waals surface area (Å²) in [4.78, 5) is 34.0. The van der Waals surface area contributed by atoms with Crippen molar-refractivity contribution in [3.05, 3.63) is 48.6 Å². The van der Waals surface area contributed by atoms with Gasteiger partial charge in [-0.25, -0.2) is 4.57 Å². The molecule has 0 bridgehead atoms. The van der Waals surface area contributed by atoms with Crippen molar-refractivity contribution in [2.75, 3.05) is 26.4 Å². The van der Waals surface area contributed by atoms with Crippen molar-refractivity contribution in [2.24, 2.45) is 5.73 Å². The summed E-state index contributed by atoms with van der Waals surface area (Å²) in [6.07, 6.45) is 28.0. The van der Waals surface area contributed by atoms with Crippen LogP contribution in [-0.4, -0.2) is 49.3 Å². The highest BCUT2D eigenvalue weighted by Crippen LogP contribution is 2.43. The molecule has 2 atom stereocenters. The molecule has 0 aliphatic rings. The molecule has 10 heteroatoms. The van der Waals surface area contributed by atoms with E-state index in [2.05, 4.69) is 55.5 Å². The quantitative estimate of drug-likeness (QED) is 0.0433. The Morgan fingerprint density at radius 1 is 0.756 bits per heavy atom. The first-order valence-electron chi connectivity index (χ1n) is 15.1. The summed E-state index contributed by atoms with van der Waals surface area (Å²) >= 11 is 0. The predicted molar refractivity (Wildman–Crippen MR) is 164 cm³/mol. The molecule has 0 aromatic carbocycles. The van der Waals surface area contributed by atoms with E-state index in [1.807, 2.05) is 6.92 Å². The van der Waals surface area contributed by atoms with Crippen LogP contribution in [0.2, 0.25) is 0 Å². The summed E-state index contributed by atoms with van der Waals surface area (Å²) < 4.78 is 32.1. The highest BCUT2D eigenvalue weighted by molar-refractivity contribution is 7.47. The zero-order valence-corrected chi connectivity index (χ0v) is 26.1. The lowest BCUT2D eigenvalue weighted by molar-refractivity contribution is -0.161. The maximum Gasteiger partial charge on any atom is 0.472 e. The smallest absolute Gasteiger partial charge is 0.462 e. The van der Waals surface area contributed by atoms with Crippen LogP contribution >= 0.6 is 7.82 Å². The molecule has 0 aromatic heterocycles. The molecule has 0 saturated carbocycles. The number of allylic oxidation sites excluding steroid dienone is 8. The summed E-state index contributed by atoms with van der Waals surface area (Å²) in [5.41, 5.74) is 5.28. The minimum Gasteiger partial charge on any atom is -0.462 e. The number of hydrogen-bond acceptors (Lipinski definition) is 8. The molecule has 0 rings (SSSR count). The Labute approximate surface area is 247 Å². The Bertz CT molecular complexity index is 825. The van der Waals surface area contributed by atoms with Gasteiger partial charge in [0.1, 0.15) is 6.61 Å². The molecule has 236 valence electrons. The lowest BCUT2D eigenvalue weighted by Crippen LogP contribution is -2.29. The van der Waals surface area contributed by atoms with Gasteiger partial charge in [-0.1, -0.05) is 88.1 Å². The third-order valence-electron chi connectivity index (χ3n) is 5.73. The minimum atomic E-state index is -4.36. The van der Waals surface area contributed by atoms with E-state index >= 15 is 0 Å². The number of carbonyl (C=O) groups is 2. The van der Waals surface area contributed by atoms with Crippen LogP contribution in [0, 0.1) is 0 Å². The van der Waals surface area contributed by atoms with E-state index in [0.29, 0.717) is 12.8 Å². The minimum absolute atomic E-state index is 0.0468. The largest absolute Gasteiger partial charge is 0.472 e. The molecule has 0 spiro atoms. The van der Waals surface area contributed by atoms with Crippen LogP contribution in [0.1, 0.15) is 104 Å². The molecule has 3 N–H and O–H groups in total. The maximum absolute atomic E-state index is 12.3. The van der Waals surface area contributed by atoms with Gasteiger partial charge in [0.15, 0.2) is 6.10 Å². The number of carbonyl (C=O) groups excluding carboxylic acids is 2. The van der Waals surface area contributed by atoms with Crippen molar-refractivity contribution in [3.8, 4) is 0 Å². The summed E-state index contributed by atoms with van der Waals surface area (Å²) in [7, 11) is -4.36. The van der Waals surface area contributed by atoms with Gasteiger partial charge in [0.2, 0.25) is 0 Å². The molecule has 0 amide bonds. The predicted octanol–water partition coefficient (Wildman–Crippen LogP) is 7.26. The Hall–Kier alpha value is -2.03. The van der Waals surface area contributed by atoms with E-state index in [-0.39, 0.29) is 32.6 Å². The molecule has 0 saturated heterocycles. The van der Waals surface area contributed by atoms with Crippen LogP contribution in [0.25, 0.3) is 0 Å². The van der Waals surface area contributed by atoms with Gasteiger partial charge < -0.3 is 20.1 Å². The average molecular weight is 600 g/mol. The van der Waals surface area contributed by atoms with Crippen LogP contribution in [0.4, 0.5) is 0 Å². The number of rotatable bonds is 27. The Morgan fingerprint density at radius 2 is 1.34 bits per heavy atom. The number of hydrogen-bond donors (Lipinski definition) is 2. The van der Waals surface area contributed by atoms with Crippen molar-refractivity contribution in [1.29, 1.82) is 0 Å². The van der Waals surface area contributed by atoms with Crippen LogP contribution < -0.4 is 5.73 Å². The highest BCUT2D eigenvalue weighted by atomic mass is 31.2. The van der Waals surface area contributed by atoms with Crippen molar-refractivity contribution < 1.29 is 37.6 Å². The number of unbranched alkanes of at least 4 members (excludes halogenated alkanes) is 6. The summed E-state index contributed by atoms with van der Waals surface area (Å²) in [6, 6.07) is 0. The van der Waals surface area contributed by atoms with Gasteiger partial charge in [0.25, 0.3) is 0 Å². The van der Waals surface area contributed by atoms with Gasteiger partial charge in [0, 0.05) is 19.4 Å². The third kappa shape index (κ3) is 27.9. The molecule has 0 aliphatic heterocycles. The van der Waals surface area contributed by atoms with E-state index in [1.54, 1.807) is 0 Å². The number of phosphoric acid groups is 1. The van der Waals surface area contributed by atoms with E-state index in [4.69, 9.17) is 24.3 Å². The van der Waals surface area contributed by atoms with Crippen molar-refractivity contribution in [3.63, 3.8) is 0 Å². The molecule has 41 heavy (non-hydrogen) atoms. The first-order valence-corrected chi connectivity index (χ1v) is 16.6. The topological polar surface area (TPSA) is 134 Å². The van der Waals surface area contributed by atoms with Crippen LogP contribution in [-0.2, 0) is 32.7 Å². The van der Waals surface area contributed by atoms with Crippen molar-refractivity contribution in [2.45, 2.75) is 110 Å². The Kier molecular flexibility index (Phi) is 26.7. The maximum atomic E-state index is 12.3. The number of phosphoric ester groups is 1. The third-order valence-corrected chi connectivity index (χ3v) is 6.71. The van der Waals surface area contributed by atoms with Crippen LogP contribution in [0.15, 0.2) is 48.6 Å². The first kappa shape index (κ1) is 39.0. The highest BCUT2D eigenvalue weighted by Gasteiger charge is 2.25. The van der Waals surface area contributed by atoms with Gasteiger partial charge in [-0.2, -0.15) is 0 Å². The van der Waals surface area contributed by atoms with E-state index in [1.165, 1.54) is 0 Å². The zero-order valence-electron chi connectivity index (χ0n) is 25.3. The second-order valence-electron chi connectivity index (χ2n) is 9.59. The standard InChI is InChI=1S/C31H54NO8P/c1-3-5-7-8-9-10-11-12-13-14-15-16-17-18-19-20-22-24-31(34)40-29(27-37-30(33)23-21-6-4-2)28-39-41(35,36)38-26-25-32/h5,7,9-10,12-13,15-16,29H,3-4,6,8,11,14,17-28,32H2,1-2H3,(H,35,36)/b7-5-,10-9-,13-12-,16-15-. The fourth-order valence-corrected chi connectivity index (χ4v) is 4.27. The lowest BCUT2D eigenvalue weighted by Gasteiger charge is -2.19. The second-order valence-corrected chi connectivity index (χ2v) is 11.0. The normalized spacial score (nSPS) is 14.3. The molecular weight excluding hydrogens is 545 g/mol. The first-order chi connectivity index (χ1) is 19.8. The molecular formula is C31H54NO8P. The zero-order chi connectivity index (χ0) is 30.4. The lowest BCUT2D eigenvalue weighted by atomic mass is 10.1. The van der Waals surface area contributed by atoms with Gasteiger partial charge in [-0.05, 0) is 51.4 Å². The summed E-state index contributed by atoms with van der Waals surface area (Å²) in [6.45, 7) is 3.35. The summed E-state index contributed by atoms with van der Waals surface area (Å²) in [5, 5.41) is 0. The molecule has 0 fully saturated rings. The van der Waals surface area contributed by atoms with Crippen LogP contribution in [0.3, 0.4) is 0 Å². The Morgan fingerprint density at radius 3 is 1.98 bits per heavy atom. The van der Waals surface area contributed by atoms with Gasteiger partial charge >= 0.3 is 19.8 Å². The molecule has 0 radical (unpaired) electrons. The molecule has 0 aliphatic carbocycles. The van der Waals surface area contributed by atoms with E-state index in [9.17, 15) is 19.0 Å². The average Bonchev–Trinajstić information content (AvgIpc) is 2.95. The number of ether oxygens (including phenoxy) is 2. The monoisotopic (exact) mass is 599 g/mol. The SMILES string of the molecule is CC/C=C\C/C=C\C/C=C\C/C=C\CCCCCCC(=O)OC(COC(=O)CCCCC)COP(=O)(O)OCCN. The molecule has 9 nitrogen and oxygen atoms in total. The van der Waals surface area contributed by atoms with Crippen LogP contribution in [0.5, 0.6) is 0 Å². The molecule has 0 aromatic rings. The molecule has 2 unspecified atom stereocenters. The summed E-state index contributed by atoms with van der Waals surface area (Å²) in [5.74, 6) is -0.894. The van der Waals surface area contributed by atoms with Gasteiger partial charge in [-0.15, -0.1) is 0 Å². The fraction of sp³-hybridized carbons (Fsp3) is 0.677. The van der Waals surface area contributed by atoms with Gasteiger partial charge in [0.05, 0.1) is 13.2 Å². The van der Waals surface area contributed by atoms with Gasteiger partial charge in [-0.3, -0.25) is 18.6 Å². The number of esters is 2. The second kappa shape index (κ2) is 28.1. The van der Waals surface area contributed by atoms with Crippen molar-refractivity contribution in [1.82, 2.24) is 0 Å². The van der Waals surface area contributed by atoms with Crippen molar-refractivity contribution >= 4 is 19.8 Å². The molecule has 0 heterocycles.